The maximum atomic E-state index is 5.80. The van der Waals surface area contributed by atoms with Gasteiger partial charge in [0.1, 0.15) is 7.05 Å². The van der Waals surface area contributed by atoms with E-state index in [2.05, 4.69) is 28.8 Å². The molecule has 1 heterocycles. The van der Waals surface area contributed by atoms with Gasteiger partial charge in [0.05, 0.1) is 6.08 Å². The monoisotopic (exact) mass is 236 g/mol. The molecule has 0 unspecified atom stereocenters. The molecule has 2 aromatic carbocycles. The van der Waals surface area contributed by atoms with Crippen LogP contribution in [0.3, 0.4) is 0 Å². The van der Waals surface area contributed by atoms with Crippen LogP contribution in [0.15, 0.2) is 59.0 Å². The van der Waals surface area contributed by atoms with Crippen molar-refractivity contribution >= 4 is 23.3 Å². The third kappa shape index (κ3) is 1.93. The molecule has 3 aromatic rings. The predicted molar refractivity (Wildman–Crippen MR) is 72.8 cm³/mol. The topological polar surface area (TPSA) is 17.0 Å². The molecule has 88 valence electrons. The van der Waals surface area contributed by atoms with E-state index in [1.807, 2.05) is 49.5 Å². The van der Waals surface area contributed by atoms with E-state index in [4.69, 9.17) is 4.42 Å². The zero-order chi connectivity index (χ0) is 12.4. The zero-order valence-electron chi connectivity index (χ0n) is 10.2. The van der Waals surface area contributed by atoms with Gasteiger partial charge in [-0.25, -0.2) is 0 Å². The van der Waals surface area contributed by atoms with Crippen molar-refractivity contribution in [1.82, 2.24) is 0 Å². The molecule has 0 fully saturated rings. The number of nitrogens with zero attached hydrogens (tertiary/aromatic N) is 1. The number of para-hydroxylation sites is 2. The van der Waals surface area contributed by atoms with Crippen molar-refractivity contribution in [3.8, 4) is 0 Å². The average Bonchev–Trinajstić information content (AvgIpc) is 2.75. The first-order valence-corrected chi connectivity index (χ1v) is 5.95. The highest BCUT2D eigenvalue weighted by Gasteiger charge is 2.14. The van der Waals surface area contributed by atoms with Crippen LogP contribution in [0.5, 0.6) is 0 Å². The summed E-state index contributed by atoms with van der Waals surface area (Å²) in [5.41, 5.74) is 3.18. The van der Waals surface area contributed by atoms with Crippen LogP contribution in [0.1, 0.15) is 11.5 Å². The average molecular weight is 236 g/mol. The third-order valence-electron chi connectivity index (χ3n) is 2.99. The number of rotatable bonds is 2. The Morgan fingerprint density at radius 2 is 1.61 bits per heavy atom. The number of aryl methyl sites for hydroxylation is 1. The molecule has 0 spiro atoms. The molecule has 2 nitrogen and oxygen atoms in total. The van der Waals surface area contributed by atoms with Crippen LogP contribution in [0.2, 0.25) is 0 Å². The van der Waals surface area contributed by atoms with E-state index in [0.29, 0.717) is 0 Å². The van der Waals surface area contributed by atoms with Gasteiger partial charge in [0.15, 0.2) is 0 Å². The molecule has 0 saturated heterocycles. The Kier molecular flexibility index (Phi) is 2.69. The van der Waals surface area contributed by atoms with Crippen molar-refractivity contribution in [3.63, 3.8) is 0 Å². The Hall–Kier alpha value is -2.35. The third-order valence-corrected chi connectivity index (χ3v) is 2.99. The summed E-state index contributed by atoms with van der Waals surface area (Å²) in [7, 11) is 2.01. The largest absolute Gasteiger partial charge is 0.398 e. The number of benzene rings is 2. The van der Waals surface area contributed by atoms with E-state index in [-0.39, 0.29) is 0 Å². The summed E-state index contributed by atoms with van der Waals surface area (Å²) in [6, 6.07) is 18.2. The summed E-state index contributed by atoms with van der Waals surface area (Å²) in [5.74, 6) is 0.847. The van der Waals surface area contributed by atoms with Gasteiger partial charge in [0.25, 0.3) is 5.52 Å². The summed E-state index contributed by atoms with van der Waals surface area (Å²) in [5, 5.41) is 0. The van der Waals surface area contributed by atoms with E-state index in [1.165, 1.54) is 0 Å². The summed E-state index contributed by atoms with van der Waals surface area (Å²) in [4.78, 5) is 0. The van der Waals surface area contributed by atoms with E-state index < -0.39 is 0 Å². The maximum Gasteiger partial charge on any atom is 0.373 e. The van der Waals surface area contributed by atoms with Crippen LogP contribution in [0.4, 0.5) is 0 Å². The van der Waals surface area contributed by atoms with Crippen molar-refractivity contribution in [1.29, 1.82) is 0 Å². The fourth-order valence-corrected chi connectivity index (χ4v) is 2.00. The summed E-state index contributed by atoms with van der Waals surface area (Å²) in [6.45, 7) is 0. The Morgan fingerprint density at radius 3 is 2.39 bits per heavy atom. The summed E-state index contributed by atoms with van der Waals surface area (Å²) in [6.07, 6.45) is 4.05. The number of oxazole rings is 1. The minimum atomic E-state index is 0.847. The van der Waals surface area contributed by atoms with Crippen LogP contribution in [0.25, 0.3) is 23.3 Å². The van der Waals surface area contributed by atoms with Crippen molar-refractivity contribution in [2.45, 2.75) is 0 Å². The van der Waals surface area contributed by atoms with Gasteiger partial charge in [-0.2, -0.15) is 4.57 Å². The van der Waals surface area contributed by atoms with Gasteiger partial charge in [-0.15, -0.1) is 0 Å². The first-order chi connectivity index (χ1) is 8.84. The van der Waals surface area contributed by atoms with Crippen LogP contribution >= 0.6 is 0 Å². The lowest BCUT2D eigenvalue weighted by Crippen LogP contribution is -2.29. The molecular formula is C16H14NO+. The molecule has 0 saturated carbocycles. The second-order valence-corrected chi connectivity index (χ2v) is 4.21. The number of aromatic nitrogens is 1. The van der Waals surface area contributed by atoms with Crippen molar-refractivity contribution in [3.05, 3.63) is 66.1 Å². The zero-order valence-corrected chi connectivity index (χ0v) is 10.2. The highest BCUT2D eigenvalue weighted by molar-refractivity contribution is 5.71. The quantitative estimate of drug-likeness (QED) is 0.623. The molecule has 0 aliphatic rings. The van der Waals surface area contributed by atoms with E-state index in [9.17, 15) is 0 Å². The predicted octanol–water partition coefficient (Wildman–Crippen LogP) is 3.43. The number of hydrogen-bond acceptors (Lipinski definition) is 1. The standard InChI is InChI=1S/C16H14NO/c1-17-14-9-5-6-10-15(14)18-16(17)12-11-13-7-3-2-4-8-13/h2-12H,1H3/q+1. The molecule has 0 aliphatic heterocycles. The molecule has 3 rings (SSSR count). The van der Waals surface area contributed by atoms with Gasteiger partial charge in [0.2, 0.25) is 5.58 Å². The Bertz CT molecular complexity index is 695. The second kappa shape index (κ2) is 4.49. The smallest absolute Gasteiger partial charge is 0.373 e. The molecule has 0 aliphatic carbocycles. The minimum absolute atomic E-state index is 0.847. The minimum Gasteiger partial charge on any atom is -0.398 e. The number of hydrogen-bond donors (Lipinski definition) is 0. The molecule has 2 heteroatoms. The van der Waals surface area contributed by atoms with E-state index >= 15 is 0 Å². The van der Waals surface area contributed by atoms with Gasteiger partial charge in [-0.05, 0) is 17.7 Å². The SMILES string of the molecule is C[n+]1c(C=Cc2ccccc2)oc2ccccc21. The molecule has 0 atom stereocenters. The molecule has 0 radical (unpaired) electrons. The summed E-state index contributed by atoms with van der Waals surface area (Å²) < 4.78 is 7.85. The lowest BCUT2D eigenvalue weighted by atomic mass is 10.2. The molecule has 0 N–H and O–H groups in total. The molecule has 0 bridgehead atoms. The van der Waals surface area contributed by atoms with E-state index in [0.717, 1.165) is 22.6 Å². The van der Waals surface area contributed by atoms with Gasteiger partial charge in [-0.3, -0.25) is 0 Å². The lowest BCUT2D eigenvalue weighted by molar-refractivity contribution is -0.651. The van der Waals surface area contributed by atoms with Crippen LogP contribution in [-0.4, -0.2) is 0 Å². The first kappa shape index (κ1) is 10.8. The normalized spacial score (nSPS) is 11.4. The van der Waals surface area contributed by atoms with Gasteiger partial charge >= 0.3 is 5.89 Å². The fourth-order valence-electron chi connectivity index (χ4n) is 2.00. The summed E-state index contributed by atoms with van der Waals surface area (Å²) >= 11 is 0. The van der Waals surface area contributed by atoms with Gasteiger partial charge < -0.3 is 4.42 Å². The van der Waals surface area contributed by atoms with E-state index in [1.54, 1.807) is 0 Å². The van der Waals surface area contributed by atoms with Gasteiger partial charge in [-0.1, -0.05) is 42.5 Å². The van der Waals surface area contributed by atoms with Gasteiger partial charge in [0, 0.05) is 6.07 Å². The van der Waals surface area contributed by atoms with Crippen molar-refractivity contribution < 1.29 is 8.98 Å². The molecular weight excluding hydrogens is 222 g/mol. The highest BCUT2D eigenvalue weighted by Crippen LogP contribution is 2.14. The highest BCUT2D eigenvalue weighted by atomic mass is 16.3. The Morgan fingerprint density at radius 1 is 0.889 bits per heavy atom. The van der Waals surface area contributed by atoms with Crippen LogP contribution in [-0.2, 0) is 7.05 Å². The molecule has 18 heavy (non-hydrogen) atoms. The Labute approximate surface area is 106 Å². The lowest BCUT2D eigenvalue weighted by Gasteiger charge is -1.88. The van der Waals surface area contributed by atoms with Crippen LogP contribution < -0.4 is 4.57 Å². The second-order valence-electron chi connectivity index (χ2n) is 4.21. The van der Waals surface area contributed by atoms with Crippen molar-refractivity contribution in [2.75, 3.05) is 0 Å². The van der Waals surface area contributed by atoms with Crippen molar-refractivity contribution in [2.24, 2.45) is 7.05 Å². The Balaban J connectivity index is 2.00. The number of fused-ring (bicyclic) bond motifs is 1. The molecule has 1 aromatic heterocycles. The maximum absolute atomic E-state index is 5.80. The molecule has 0 amide bonds. The van der Waals surface area contributed by atoms with Crippen LogP contribution in [0, 0.1) is 0 Å². The fraction of sp³-hybridized carbons (Fsp3) is 0.0625. The first-order valence-electron chi connectivity index (χ1n) is 5.95.